The van der Waals surface area contributed by atoms with Gasteiger partial charge in [0, 0.05) is 0 Å². The standard InChI is InChI=1S/2C15H24O2/c2*1-9(2)12-6-5-10(3)15-13(16)7-11(4)14(15,8-12)17-15/h2*10-13,16H,1,5-8H2,2-4H3/t2*10-,11-,12+,13+,14+,15-/m00/s1. The third kappa shape index (κ3) is 3.04. The van der Waals surface area contributed by atoms with Crippen LogP contribution in [0.3, 0.4) is 0 Å². The van der Waals surface area contributed by atoms with Gasteiger partial charge in [-0.25, -0.2) is 0 Å². The number of ether oxygens (including phenoxy) is 2. The molecule has 4 saturated carbocycles. The Morgan fingerprint density at radius 2 is 1.00 bits per heavy atom. The summed E-state index contributed by atoms with van der Waals surface area (Å²) in [6.45, 7) is 21.5. The lowest BCUT2D eigenvalue weighted by atomic mass is 9.79. The second kappa shape index (κ2) is 7.91. The highest BCUT2D eigenvalue weighted by Crippen LogP contribution is 2.71. The van der Waals surface area contributed by atoms with Crippen molar-refractivity contribution in [2.75, 3.05) is 0 Å². The summed E-state index contributed by atoms with van der Waals surface area (Å²) in [5.41, 5.74) is 2.07. The van der Waals surface area contributed by atoms with E-state index in [-0.39, 0.29) is 34.6 Å². The Bertz CT molecular complexity index is 798. The first kappa shape index (κ1) is 25.0. The zero-order valence-electron chi connectivity index (χ0n) is 22.4. The zero-order valence-corrected chi connectivity index (χ0v) is 22.4. The van der Waals surface area contributed by atoms with Crippen LogP contribution in [0.4, 0.5) is 0 Å². The number of rotatable bonds is 2. The van der Waals surface area contributed by atoms with Crippen molar-refractivity contribution in [2.45, 2.75) is 128 Å². The van der Waals surface area contributed by atoms with Crippen molar-refractivity contribution in [1.82, 2.24) is 0 Å². The maximum atomic E-state index is 10.4. The summed E-state index contributed by atoms with van der Waals surface area (Å²) < 4.78 is 12.4. The Morgan fingerprint density at radius 1 is 0.647 bits per heavy atom. The van der Waals surface area contributed by atoms with Gasteiger partial charge in [-0.2, -0.15) is 0 Å². The number of epoxide rings is 2. The molecule has 12 atom stereocenters. The maximum Gasteiger partial charge on any atom is 0.126 e. The number of hydrogen-bond donors (Lipinski definition) is 2. The van der Waals surface area contributed by atoms with Gasteiger partial charge in [-0.3, -0.25) is 0 Å². The average molecular weight is 473 g/mol. The molecule has 0 aromatic rings. The fraction of sp³-hybridized carbons (Fsp3) is 0.867. The molecular weight excluding hydrogens is 424 g/mol. The molecule has 192 valence electrons. The molecule has 0 aromatic heterocycles. The zero-order chi connectivity index (χ0) is 24.8. The van der Waals surface area contributed by atoms with Gasteiger partial charge >= 0.3 is 0 Å². The van der Waals surface area contributed by atoms with Gasteiger partial charge in [0.15, 0.2) is 0 Å². The van der Waals surface area contributed by atoms with Crippen molar-refractivity contribution >= 4 is 0 Å². The van der Waals surface area contributed by atoms with Crippen molar-refractivity contribution in [1.29, 1.82) is 0 Å². The molecule has 6 fully saturated rings. The molecule has 4 heteroatoms. The Morgan fingerprint density at radius 3 is 1.32 bits per heavy atom. The first-order chi connectivity index (χ1) is 15.9. The van der Waals surface area contributed by atoms with Crippen LogP contribution in [0.2, 0.25) is 0 Å². The maximum absolute atomic E-state index is 10.4. The van der Waals surface area contributed by atoms with Crippen molar-refractivity contribution < 1.29 is 19.7 Å². The van der Waals surface area contributed by atoms with E-state index in [1.165, 1.54) is 24.0 Å². The van der Waals surface area contributed by atoms with Gasteiger partial charge in [0.1, 0.15) is 22.4 Å². The van der Waals surface area contributed by atoms with Crippen molar-refractivity contribution in [2.24, 2.45) is 35.5 Å². The van der Waals surface area contributed by atoms with Crippen LogP contribution in [0.5, 0.6) is 0 Å². The predicted molar refractivity (Wildman–Crippen MR) is 135 cm³/mol. The van der Waals surface area contributed by atoms with E-state index < -0.39 is 0 Å². The fourth-order valence-corrected chi connectivity index (χ4v) is 9.23. The van der Waals surface area contributed by atoms with Gasteiger partial charge in [-0.15, -0.1) is 0 Å². The summed E-state index contributed by atoms with van der Waals surface area (Å²) in [5.74, 6) is 3.09. The van der Waals surface area contributed by atoms with E-state index in [9.17, 15) is 10.2 Å². The quantitative estimate of drug-likeness (QED) is 0.393. The third-order valence-electron chi connectivity index (χ3n) is 11.5. The minimum atomic E-state index is -0.253. The lowest BCUT2D eigenvalue weighted by molar-refractivity contribution is 0.0155. The number of aliphatic hydroxyl groups excluding tert-OH is 2. The van der Waals surface area contributed by atoms with Crippen LogP contribution in [0.25, 0.3) is 0 Å². The van der Waals surface area contributed by atoms with Crippen LogP contribution in [0, 0.1) is 35.5 Å². The monoisotopic (exact) mass is 472 g/mol. The molecule has 2 N–H and O–H groups in total. The molecule has 6 aliphatic rings. The summed E-state index contributed by atoms with van der Waals surface area (Å²) >= 11 is 0. The molecule has 2 aliphatic heterocycles. The summed E-state index contributed by atoms with van der Waals surface area (Å²) in [4.78, 5) is 0. The van der Waals surface area contributed by atoms with E-state index in [4.69, 9.17) is 9.47 Å². The summed E-state index contributed by atoms with van der Waals surface area (Å²) in [6, 6.07) is 0. The molecule has 4 aliphatic carbocycles. The SMILES string of the molecule is C=C(C)[C@@H]1CC[C@H](C)[C@@]23O[C@]2(C1)[C@@H](C)C[C@H]3O.C=C(C)[C@@H]1CC[C@H](C)[C@@]23O[C@]2(C1)[C@@H](C)C[C@H]3O. The van der Waals surface area contributed by atoms with E-state index >= 15 is 0 Å². The Kier molecular flexibility index (Phi) is 5.81. The van der Waals surface area contributed by atoms with Crippen LogP contribution in [-0.4, -0.2) is 44.8 Å². The number of hydrogen-bond acceptors (Lipinski definition) is 4. The molecule has 0 aromatic carbocycles. The Balaban J connectivity index is 0.000000142. The molecule has 6 rings (SSSR count). The minimum absolute atomic E-state index is 0.0358. The number of aliphatic hydroxyl groups is 2. The molecule has 0 amide bonds. The molecule has 0 radical (unpaired) electrons. The first-order valence-corrected chi connectivity index (χ1v) is 13.9. The Hall–Kier alpha value is -0.680. The smallest absolute Gasteiger partial charge is 0.126 e. The summed E-state index contributed by atoms with van der Waals surface area (Å²) in [7, 11) is 0. The van der Waals surface area contributed by atoms with Gasteiger partial charge in [0.05, 0.1) is 12.2 Å². The molecular formula is C30H48O4. The minimum Gasteiger partial charge on any atom is -0.390 e. The van der Waals surface area contributed by atoms with Crippen LogP contribution < -0.4 is 0 Å². The van der Waals surface area contributed by atoms with E-state index in [2.05, 4.69) is 54.7 Å². The highest BCUT2D eigenvalue weighted by atomic mass is 16.7. The van der Waals surface area contributed by atoms with Crippen molar-refractivity contribution in [3.63, 3.8) is 0 Å². The first-order valence-electron chi connectivity index (χ1n) is 13.9. The average Bonchev–Trinajstić information content (AvgIpc) is 3.60. The number of allylic oxidation sites excluding steroid dienone is 2. The van der Waals surface area contributed by atoms with Crippen LogP contribution in [-0.2, 0) is 9.47 Å². The Labute approximate surface area is 207 Å². The van der Waals surface area contributed by atoms with Crippen molar-refractivity contribution in [3.8, 4) is 0 Å². The summed E-state index contributed by atoms with van der Waals surface area (Å²) in [5, 5.41) is 20.7. The van der Waals surface area contributed by atoms with Crippen LogP contribution in [0.15, 0.2) is 24.3 Å². The fourth-order valence-electron chi connectivity index (χ4n) is 9.23. The second-order valence-corrected chi connectivity index (χ2v) is 13.3. The molecule has 0 bridgehead atoms. The highest BCUT2D eigenvalue weighted by molar-refractivity contribution is 5.31. The van der Waals surface area contributed by atoms with Gasteiger partial charge in [-0.05, 0) is 101 Å². The van der Waals surface area contributed by atoms with E-state index in [0.29, 0.717) is 35.5 Å². The molecule has 0 unspecified atom stereocenters. The highest BCUT2D eigenvalue weighted by Gasteiger charge is 2.82. The molecule has 34 heavy (non-hydrogen) atoms. The predicted octanol–water partition coefficient (Wildman–Crippen LogP) is 5.81. The molecule has 0 spiro atoms. The second-order valence-electron chi connectivity index (χ2n) is 13.3. The lowest BCUT2D eigenvalue weighted by Crippen LogP contribution is -2.36. The van der Waals surface area contributed by atoms with Gasteiger partial charge < -0.3 is 19.7 Å². The van der Waals surface area contributed by atoms with Crippen molar-refractivity contribution in [3.05, 3.63) is 24.3 Å². The normalized spacial score (nSPS) is 56.9. The van der Waals surface area contributed by atoms with Gasteiger partial charge in [0.25, 0.3) is 0 Å². The van der Waals surface area contributed by atoms with Gasteiger partial charge in [0.2, 0.25) is 0 Å². The molecule has 2 heterocycles. The molecule has 2 saturated heterocycles. The van der Waals surface area contributed by atoms with E-state index in [0.717, 1.165) is 38.5 Å². The van der Waals surface area contributed by atoms with E-state index in [1.54, 1.807) is 0 Å². The van der Waals surface area contributed by atoms with Crippen LogP contribution >= 0.6 is 0 Å². The lowest BCUT2D eigenvalue weighted by Gasteiger charge is -2.24. The molecule has 4 nitrogen and oxygen atoms in total. The largest absolute Gasteiger partial charge is 0.390 e. The van der Waals surface area contributed by atoms with E-state index in [1.807, 2.05) is 0 Å². The van der Waals surface area contributed by atoms with Crippen LogP contribution in [0.1, 0.15) is 92.9 Å². The summed E-state index contributed by atoms with van der Waals surface area (Å²) in [6.07, 6.45) is 8.20. The topological polar surface area (TPSA) is 65.5 Å². The van der Waals surface area contributed by atoms with Gasteiger partial charge in [-0.1, -0.05) is 52.0 Å². The third-order valence-corrected chi connectivity index (χ3v) is 11.5.